The zero-order chi connectivity index (χ0) is 37.2. The molecule has 0 aliphatic heterocycles. The van der Waals surface area contributed by atoms with Gasteiger partial charge in [-0.3, -0.25) is 9.97 Å². The third-order valence-corrected chi connectivity index (χ3v) is 12.3. The number of fused-ring (bicyclic) bond motifs is 17. The van der Waals surface area contributed by atoms with E-state index in [0.29, 0.717) is 0 Å². The van der Waals surface area contributed by atoms with Gasteiger partial charge in [0, 0.05) is 57.5 Å². The first-order valence-corrected chi connectivity index (χ1v) is 19.2. The minimum Gasteiger partial charge on any atom is -0.456 e. The number of hydrogen-bond donors (Lipinski definition) is 0. The second-order valence-electron chi connectivity index (χ2n) is 15.1. The fourth-order valence-electron chi connectivity index (χ4n) is 9.93. The maximum atomic E-state index is 6.92. The van der Waals surface area contributed by atoms with Gasteiger partial charge in [-0.2, -0.15) is 0 Å². The lowest BCUT2D eigenvalue weighted by atomic mass is 9.69. The molecule has 0 fully saturated rings. The van der Waals surface area contributed by atoms with E-state index in [9.17, 15) is 0 Å². The Morgan fingerprint density at radius 3 is 1.72 bits per heavy atom. The zero-order valence-corrected chi connectivity index (χ0v) is 30.4. The maximum absolute atomic E-state index is 6.92. The SMILES string of the molecule is c1ccc2c(c1)-c1ccccc1C21c2cc3oc4ccccc4c3cc2-c2ccc3oc4cc(-c5cc(-c6ccncc6)nc(-c6ccncc6)c5)ccc4c3c21. The van der Waals surface area contributed by atoms with Crippen LogP contribution in [0.25, 0.3) is 99.8 Å². The van der Waals surface area contributed by atoms with E-state index in [4.69, 9.17) is 13.8 Å². The molecule has 13 rings (SSSR count). The van der Waals surface area contributed by atoms with Crippen molar-refractivity contribution < 1.29 is 8.83 Å². The van der Waals surface area contributed by atoms with Crippen molar-refractivity contribution >= 4 is 43.9 Å². The molecule has 0 bridgehead atoms. The minimum absolute atomic E-state index is 0.579. The van der Waals surface area contributed by atoms with Crippen LogP contribution in [-0.2, 0) is 5.41 Å². The van der Waals surface area contributed by atoms with E-state index in [2.05, 4.69) is 131 Å². The maximum Gasteiger partial charge on any atom is 0.136 e. The molecule has 0 saturated carbocycles. The Kier molecular flexibility index (Phi) is 6.04. The van der Waals surface area contributed by atoms with Gasteiger partial charge in [-0.1, -0.05) is 78.9 Å². The molecule has 6 aromatic carbocycles. The van der Waals surface area contributed by atoms with Crippen LogP contribution in [0.3, 0.4) is 0 Å². The first-order chi connectivity index (χ1) is 28.2. The molecule has 11 aromatic rings. The lowest BCUT2D eigenvalue weighted by Gasteiger charge is -2.31. The van der Waals surface area contributed by atoms with Gasteiger partial charge in [-0.05, 0) is 128 Å². The smallest absolute Gasteiger partial charge is 0.136 e. The molecule has 0 unspecified atom stereocenters. The second-order valence-corrected chi connectivity index (χ2v) is 15.1. The predicted octanol–water partition coefficient (Wildman–Crippen LogP) is 13.0. The van der Waals surface area contributed by atoms with Crippen LogP contribution in [0.15, 0.2) is 185 Å². The van der Waals surface area contributed by atoms with Gasteiger partial charge in [-0.15, -0.1) is 0 Å². The molecule has 0 atom stereocenters. The molecule has 57 heavy (non-hydrogen) atoms. The number of hydrogen-bond acceptors (Lipinski definition) is 5. The largest absolute Gasteiger partial charge is 0.456 e. The first kappa shape index (κ1) is 30.7. The number of aromatic nitrogens is 3. The van der Waals surface area contributed by atoms with Crippen LogP contribution in [0.4, 0.5) is 0 Å². The fourth-order valence-corrected chi connectivity index (χ4v) is 9.93. The average molecular weight is 728 g/mol. The summed E-state index contributed by atoms with van der Waals surface area (Å²) in [7, 11) is 0. The standard InChI is InChI=1S/C52H29N3O2/c1-4-10-41-34(7-1)35-8-2-5-11-42(35)52(41)43-29-49-40(36-9-3-6-12-46(36)56-49)28-39(43)37-15-16-47-50(51(37)52)38-14-13-32(27-48(38)57-47)33-25-44(30-17-21-53-22-18-30)55-45(26-33)31-19-23-54-24-20-31/h1-29H. The van der Waals surface area contributed by atoms with Gasteiger partial charge in [0.15, 0.2) is 0 Å². The van der Waals surface area contributed by atoms with Gasteiger partial charge in [-0.25, -0.2) is 4.98 Å². The second kappa shape index (κ2) is 11.2. The Morgan fingerprint density at radius 1 is 0.368 bits per heavy atom. The fraction of sp³-hybridized carbons (Fsp3) is 0.0192. The van der Waals surface area contributed by atoms with E-state index < -0.39 is 5.41 Å². The van der Waals surface area contributed by atoms with Crippen LogP contribution < -0.4 is 0 Å². The summed E-state index contributed by atoms with van der Waals surface area (Å²) in [6.45, 7) is 0. The van der Waals surface area contributed by atoms with Crippen molar-refractivity contribution in [3.63, 3.8) is 0 Å². The summed E-state index contributed by atoms with van der Waals surface area (Å²) in [5, 5.41) is 4.49. The number of nitrogens with zero attached hydrogens (tertiary/aromatic N) is 3. The Bertz CT molecular complexity index is 3370. The molecule has 5 heteroatoms. The Hall–Kier alpha value is -7.63. The quantitative estimate of drug-likeness (QED) is 0.181. The van der Waals surface area contributed by atoms with Crippen molar-refractivity contribution in [2.75, 3.05) is 0 Å². The highest BCUT2D eigenvalue weighted by Crippen LogP contribution is 2.65. The van der Waals surface area contributed by atoms with Gasteiger partial charge in [0.25, 0.3) is 0 Å². The Balaban J connectivity index is 1.09. The Labute approximate surface area is 326 Å². The highest BCUT2D eigenvalue weighted by Gasteiger charge is 2.53. The van der Waals surface area contributed by atoms with Crippen LogP contribution >= 0.6 is 0 Å². The van der Waals surface area contributed by atoms with E-state index in [1.54, 1.807) is 24.8 Å². The van der Waals surface area contributed by atoms with Crippen molar-refractivity contribution in [2.45, 2.75) is 5.41 Å². The molecule has 0 N–H and O–H groups in total. The van der Waals surface area contributed by atoms with Crippen LogP contribution in [0.5, 0.6) is 0 Å². The molecule has 5 nitrogen and oxygen atoms in total. The monoisotopic (exact) mass is 727 g/mol. The zero-order valence-electron chi connectivity index (χ0n) is 30.4. The molecular formula is C52H29N3O2. The molecular weight excluding hydrogens is 699 g/mol. The van der Waals surface area contributed by atoms with Crippen molar-refractivity contribution in [3.8, 4) is 55.9 Å². The number of benzene rings is 6. The van der Waals surface area contributed by atoms with Gasteiger partial charge in [0.1, 0.15) is 22.3 Å². The Morgan fingerprint density at radius 2 is 1.00 bits per heavy atom. The molecule has 264 valence electrons. The molecule has 2 aliphatic rings. The number of furan rings is 2. The van der Waals surface area contributed by atoms with E-state index >= 15 is 0 Å². The van der Waals surface area contributed by atoms with E-state index in [-0.39, 0.29) is 0 Å². The number of rotatable bonds is 3. The highest BCUT2D eigenvalue weighted by molar-refractivity contribution is 6.16. The summed E-state index contributed by atoms with van der Waals surface area (Å²) < 4.78 is 13.5. The van der Waals surface area contributed by atoms with Crippen LogP contribution in [0, 0.1) is 0 Å². The molecule has 0 radical (unpaired) electrons. The van der Waals surface area contributed by atoms with Crippen LogP contribution in [0.2, 0.25) is 0 Å². The third-order valence-electron chi connectivity index (χ3n) is 12.3. The number of para-hydroxylation sites is 1. The summed E-state index contributed by atoms with van der Waals surface area (Å²) in [5.41, 5.74) is 18.8. The molecule has 1 spiro atoms. The summed E-state index contributed by atoms with van der Waals surface area (Å²) >= 11 is 0. The van der Waals surface area contributed by atoms with Crippen molar-refractivity contribution in [1.29, 1.82) is 0 Å². The molecule has 0 saturated heterocycles. The lowest BCUT2D eigenvalue weighted by Crippen LogP contribution is -2.26. The van der Waals surface area contributed by atoms with Crippen molar-refractivity contribution in [3.05, 3.63) is 199 Å². The van der Waals surface area contributed by atoms with Crippen LogP contribution in [-0.4, -0.2) is 15.0 Å². The minimum atomic E-state index is -0.579. The number of pyridine rings is 3. The topological polar surface area (TPSA) is 65.0 Å². The van der Waals surface area contributed by atoms with Gasteiger partial charge >= 0.3 is 0 Å². The van der Waals surface area contributed by atoms with Gasteiger partial charge in [0.2, 0.25) is 0 Å². The average Bonchev–Trinajstić information content (AvgIpc) is 4.00. The normalized spacial score (nSPS) is 13.4. The summed E-state index contributed by atoms with van der Waals surface area (Å²) in [6.07, 6.45) is 7.22. The summed E-state index contributed by atoms with van der Waals surface area (Å²) in [5.74, 6) is 0. The molecule has 0 amide bonds. The van der Waals surface area contributed by atoms with Crippen molar-refractivity contribution in [2.24, 2.45) is 0 Å². The molecule has 5 heterocycles. The molecule has 2 aliphatic carbocycles. The van der Waals surface area contributed by atoms with Gasteiger partial charge in [0.05, 0.1) is 16.8 Å². The van der Waals surface area contributed by atoms with Crippen LogP contribution in [0.1, 0.15) is 22.3 Å². The van der Waals surface area contributed by atoms with Gasteiger partial charge < -0.3 is 8.83 Å². The van der Waals surface area contributed by atoms with E-state index in [1.807, 2.05) is 30.3 Å². The van der Waals surface area contributed by atoms with E-state index in [1.165, 1.54) is 44.5 Å². The lowest BCUT2D eigenvalue weighted by molar-refractivity contribution is 0.666. The third kappa shape index (κ3) is 4.09. The summed E-state index contributed by atoms with van der Waals surface area (Å²) in [4.78, 5) is 13.6. The van der Waals surface area contributed by atoms with Crippen molar-refractivity contribution in [1.82, 2.24) is 15.0 Å². The highest BCUT2D eigenvalue weighted by atomic mass is 16.3. The van der Waals surface area contributed by atoms with E-state index in [0.717, 1.165) is 77.5 Å². The summed E-state index contributed by atoms with van der Waals surface area (Å²) in [6, 6.07) is 54.3. The predicted molar refractivity (Wildman–Crippen MR) is 227 cm³/mol. The first-order valence-electron chi connectivity index (χ1n) is 19.2. The molecule has 5 aromatic heterocycles.